The minimum absolute atomic E-state index is 0.195. The van der Waals surface area contributed by atoms with Crippen LogP contribution < -0.4 is 0 Å². The summed E-state index contributed by atoms with van der Waals surface area (Å²) in [5, 5.41) is 0. The van der Waals surface area contributed by atoms with Gasteiger partial charge in [0.2, 0.25) is 0 Å². The number of carbonyl (C=O) groups is 2. The molecule has 0 fully saturated rings. The lowest BCUT2D eigenvalue weighted by Crippen LogP contribution is -2.16. The van der Waals surface area contributed by atoms with E-state index in [9.17, 15) is 9.59 Å². The second kappa shape index (κ2) is 36.7. The highest BCUT2D eigenvalue weighted by Gasteiger charge is 2.02. The molecule has 0 unspecified atom stereocenters. The average molecular weight is 657 g/mol. The van der Waals surface area contributed by atoms with Crippen LogP contribution in [0.15, 0.2) is 12.2 Å². The molecule has 45 heavy (non-hydrogen) atoms. The zero-order valence-electron chi connectivity index (χ0n) is 27.3. The molecular weight excluding hydrogens is 600 g/mol. The molecule has 0 radical (unpaired) electrons. The van der Waals surface area contributed by atoms with E-state index in [1.54, 1.807) is 6.92 Å². The number of hydrogen-bond donors (Lipinski definition) is 0. The van der Waals surface area contributed by atoms with Crippen LogP contribution in [0.1, 0.15) is 13.8 Å². The van der Waals surface area contributed by atoms with E-state index < -0.39 is 5.97 Å². The summed E-state index contributed by atoms with van der Waals surface area (Å²) in [5.41, 5.74) is 0.367. The van der Waals surface area contributed by atoms with Gasteiger partial charge in [0, 0.05) is 12.5 Å². The van der Waals surface area contributed by atoms with Crippen molar-refractivity contribution in [3.05, 3.63) is 12.2 Å². The molecule has 0 aliphatic heterocycles. The van der Waals surface area contributed by atoms with Gasteiger partial charge in [-0.05, 0) is 6.92 Å². The highest BCUT2D eigenvalue weighted by molar-refractivity contribution is 5.86. The molecule has 0 aromatic heterocycles. The molecule has 0 N–H and O–H groups in total. The van der Waals surface area contributed by atoms with E-state index in [1.807, 2.05) is 0 Å². The summed E-state index contributed by atoms with van der Waals surface area (Å²) >= 11 is 0. The van der Waals surface area contributed by atoms with Crippen LogP contribution in [0.25, 0.3) is 0 Å². The molecule has 0 atom stereocenters. The fourth-order valence-electron chi connectivity index (χ4n) is 2.86. The minimum Gasteiger partial charge on any atom is -0.463 e. The third-order valence-electron chi connectivity index (χ3n) is 5.06. The Bertz CT molecular complexity index is 665. The lowest BCUT2D eigenvalue weighted by Gasteiger charge is -2.09. The Hall–Kier alpha value is -1.76. The average Bonchev–Trinajstić information content (AvgIpc) is 3.02. The Balaban J connectivity index is 3.07. The fourth-order valence-corrected chi connectivity index (χ4v) is 2.86. The first-order valence-corrected chi connectivity index (χ1v) is 15.3. The molecule has 0 aliphatic carbocycles. The molecule has 0 bridgehead atoms. The quantitative estimate of drug-likeness (QED) is 0.0527. The second-order valence-corrected chi connectivity index (χ2v) is 8.99. The number of esters is 2. The summed E-state index contributed by atoms with van der Waals surface area (Å²) < 4.78 is 69.1. The molecule has 0 saturated carbocycles. The van der Waals surface area contributed by atoms with E-state index in [2.05, 4.69) is 6.58 Å². The number of rotatable bonds is 37. The standard InChI is InChI=1S/C30H56O15/c1-28(2)30(32)45-27-25-43-23-21-41-19-17-39-15-13-37-11-9-35-7-5-33-4-6-34-8-10-36-12-14-38-16-18-40-20-22-42-24-26-44-29(3)31/h1,4-27H2,2-3H3. The smallest absolute Gasteiger partial charge is 0.333 e. The summed E-state index contributed by atoms with van der Waals surface area (Å²) in [5.74, 6) is -0.731. The Morgan fingerprint density at radius 1 is 0.333 bits per heavy atom. The molecule has 15 nitrogen and oxygen atoms in total. The number of ether oxygens (including phenoxy) is 13. The van der Waals surface area contributed by atoms with E-state index in [-0.39, 0.29) is 19.2 Å². The summed E-state index contributed by atoms with van der Waals surface area (Å²) in [6.07, 6.45) is 0. The van der Waals surface area contributed by atoms with Gasteiger partial charge in [-0.2, -0.15) is 0 Å². The normalized spacial score (nSPS) is 11.2. The summed E-state index contributed by atoms with van der Waals surface area (Å²) in [4.78, 5) is 21.8. The van der Waals surface area contributed by atoms with Gasteiger partial charge in [0.15, 0.2) is 0 Å². The van der Waals surface area contributed by atoms with Crippen molar-refractivity contribution in [2.45, 2.75) is 13.8 Å². The Labute approximate surface area is 267 Å². The first-order valence-electron chi connectivity index (χ1n) is 15.3. The molecule has 266 valence electrons. The van der Waals surface area contributed by atoms with Crippen LogP contribution in [0.3, 0.4) is 0 Å². The van der Waals surface area contributed by atoms with Gasteiger partial charge in [-0.3, -0.25) is 4.79 Å². The summed E-state index contributed by atoms with van der Waals surface area (Å²) in [6.45, 7) is 17.0. The van der Waals surface area contributed by atoms with Crippen LogP contribution in [0, 0.1) is 0 Å². The lowest BCUT2D eigenvalue weighted by atomic mass is 10.4. The maximum absolute atomic E-state index is 11.2. The van der Waals surface area contributed by atoms with Crippen molar-refractivity contribution in [2.24, 2.45) is 0 Å². The van der Waals surface area contributed by atoms with Gasteiger partial charge >= 0.3 is 11.9 Å². The molecule has 0 rings (SSSR count). The highest BCUT2D eigenvalue weighted by Crippen LogP contribution is 1.92. The van der Waals surface area contributed by atoms with Crippen molar-refractivity contribution < 1.29 is 71.2 Å². The molecule has 0 spiro atoms. The van der Waals surface area contributed by atoms with Crippen molar-refractivity contribution in [1.82, 2.24) is 0 Å². The van der Waals surface area contributed by atoms with Crippen molar-refractivity contribution in [2.75, 3.05) is 159 Å². The van der Waals surface area contributed by atoms with E-state index in [0.717, 1.165) is 0 Å². The molecule has 0 aliphatic rings. The largest absolute Gasteiger partial charge is 0.463 e. The van der Waals surface area contributed by atoms with E-state index in [1.165, 1.54) is 6.92 Å². The lowest BCUT2D eigenvalue weighted by molar-refractivity contribution is -0.143. The van der Waals surface area contributed by atoms with Crippen LogP contribution >= 0.6 is 0 Å². The number of carbonyl (C=O) groups excluding carboxylic acids is 2. The molecule has 0 heterocycles. The Kier molecular flexibility index (Phi) is 35.3. The second-order valence-electron chi connectivity index (χ2n) is 8.99. The third-order valence-corrected chi connectivity index (χ3v) is 5.06. The first kappa shape index (κ1) is 43.2. The summed E-state index contributed by atoms with van der Waals surface area (Å²) in [6, 6.07) is 0. The summed E-state index contributed by atoms with van der Waals surface area (Å²) in [7, 11) is 0. The van der Waals surface area contributed by atoms with Gasteiger partial charge < -0.3 is 61.6 Å². The molecule has 0 amide bonds. The monoisotopic (exact) mass is 656 g/mol. The fraction of sp³-hybridized carbons (Fsp3) is 0.867. The van der Waals surface area contributed by atoms with Crippen LogP contribution in [-0.4, -0.2) is 171 Å². The maximum atomic E-state index is 11.2. The van der Waals surface area contributed by atoms with E-state index in [4.69, 9.17) is 61.6 Å². The van der Waals surface area contributed by atoms with Crippen molar-refractivity contribution in [1.29, 1.82) is 0 Å². The van der Waals surface area contributed by atoms with Gasteiger partial charge in [-0.1, -0.05) is 6.58 Å². The topological polar surface area (TPSA) is 154 Å². The zero-order chi connectivity index (χ0) is 32.9. The van der Waals surface area contributed by atoms with Crippen molar-refractivity contribution >= 4 is 11.9 Å². The molecule has 15 heteroatoms. The van der Waals surface area contributed by atoms with Crippen LogP contribution in [0.2, 0.25) is 0 Å². The van der Waals surface area contributed by atoms with Gasteiger partial charge in [0.25, 0.3) is 0 Å². The Morgan fingerprint density at radius 3 is 0.689 bits per heavy atom. The molecule has 0 saturated heterocycles. The predicted octanol–water partition coefficient (Wildman–Crippen LogP) is 0.851. The van der Waals surface area contributed by atoms with Crippen LogP contribution in [0.4, 0.5) is 0 Å². The molecular formula is C30H56O15. The van der Waals surface area contributed by atoms with Crippen LogP contribution in [0.5, 0.6) is 0 Å². The zero-order valence-corrected chi connectivity index (χ0v) is 27.3. The van der Waals surface area contributed by atoms with Crippen LogP contribution in [-0.2, 0) is 71.2 Å². The predicted molar refractivity (Wildman–Crippen MR) is 161 cm³/mol. The minimum atomic E-state index is -0.416. The van der Waals surface area contributed by atoms with E-state index >= 15 is 0 Å². The number of hydrogen-bond acceptors (Lipinski definition) is 15. The third kappa shape index (κ3) is 38.3. The first-order chi connectivity index (χ1) is 22.0. The van der Waals surface area contributed by atoms with Crippen molar-refractivity contribution in [3.63, 3.8) is 0 Å². The molecule has 0 aromatic carbocycles. The maximum Gasteiger partial charge on any atom is 0.333 e. The Morgan fingerprint density at radius 2 is 0.511 bits per heavy atom. The van der Waals surface area contributed by atoms with Crippen molar-refractivity contribution in [3.8, 4) is 0 Å². The molecule has 0 aromatic rings. The highest BCUT2D eigenvalue weighted by atomic mass is 16.6. The van der Waals surface area contributed by atoms with Gasteiger partial charge in [-0.25, -0.2) is 4.79 Å². The van der Waals surface area contributed by atoms with Gasteiger partial charge in [0.1, 0.15) is 13.2 Å². The van der Waals surface area contributed by atoms with Gasteiger partial charge in [0.05, 0.1) is 145 Å². The van der Waals surface area contributed by atoms with Gasteiger partial charge in [-0.15, -0.1) is 0 Å². The SMILES string of the molecule is C=C(C)C(=O)OCCOCCOCCOCCOCCOCCOCCOCCOCCOCCOCCOCCOC(C)=O. The van der Waals surface area contributed by atoms with E-state index in [0.29, 0.717) is 151 Å².